The molecule has 0 spiro atoms. The van der Waals surface area contributed by atoms with Gasteiger partial charge in [0.05, 0.1) is 38.0 Å². The van der Waals surface area contributed by atoms with E-state index >= 15 is 17.6 Å². The summed E-state index contributed by atoms with van der Waals surface area (Å²) in [6.45, 7) is 16.4. The van der Waals surface area contributed by atoms with Gasteiger partial charge >= 0.3 is 0 Å². The van der Waals surface area contributed by atoms with E-state index in [1.54, 1.807) is 59.7 Å². The fourth-order valence-electron chi connectivity index (χ4n) is 6.82. The molecule has 5 aromatic rings. The van der Waals surface area contributed by atoms with Crippen molar-refractivity contribution in [3.8, 4) is 23.0 Å². The monoisotopic (exact) mass is 792 g/mol. The van der Waals surface area contributed by atoms with Crippen molar-refractivity contribution in [2.75, 3.05) is 14.2 Å². The Morgan fingerprint density at radius 3 is 1.48 bits per heavy atom. The summed E-state index contributed by atoms with van der Waals surface area (Å²) in [5.74, 6) is -12.1. The Morgan fingerprint density at radius 1 is 0.625 bits per heavy atom. The molecule has 0 bridgehead atoms. The normalized spacial score (nSPS) is 12.4. The number of hydrogen-bond acceptors (Lipinski definition) is 6. The van der Waals surface area contributed by atoms with Crippen LogP contribution in [-0.2, 0) is 10.8 Å². The first kappa shape index (κ1) is 42.0. The lowest BCUT2D eigenvalue weighted by Gasteiger charge is -2.33. The Bertz CT molecular complexity index is 2320. The average molecular weight is 793 g/mol. The number of aryl methyl sites for hydroxylation is 3. The molecule has 5 rings (SSSR count). The molecule has 0 aromatic heterocycles. The molecule has 0 aliphatic rings. The lowest BCUT2D eigenvalue weighted by Crippen LogP contribution is -2.34. The Labute approximate surface area is 324 Å². The van der Waals surface area contributed by atoms with Crippen molar-refractivity contribution in [3.05, 3.63) is 123 Å². The highest BCUT2D eigenvalue weighted by Gasteiger charge is 2.44. The molecule has 0 radical (unpaired) electrons. The van der Waals surface area contributed by atoms with E-state index < -0.39 is 63.8 Å². The Balaban J connectivity index is 2.17. The number of hydrogen-bond donors (Lipinski definition) is 2. The van der Waals surface area contributed by atoms with Crippen LogP contribution >= 0.6 is 7.05 Å². The average Bonchev–Trinajstić information content (AvgIpc) is 3.12. The van der Waals surface area contributed by atoms with Crippen LogP contribution in [0.25, 0.3) is 0 Å². The van der Waals surface area contributed by atoms with Crippen LogP contribution in [0.2, 0.25) is 0 Å². The zero-order valence-corrected chi connectivity index (χ0v) is 34.2. The van der Waals surface area contributed by atoms with Gasteiger partial charge in [-0.1, -0.05) is 77.4 Å². The molecule has 0 aliphatic heterocycles. The Morgan fingerprint density at radius 2 is 1.05 bits per heavy atom. The number of aromatic hydroxyl groups is 2. The van der Waals surface area contributed by atoms with Gasteiger partial charge in [0.2, 0.25) is 5.82 Å². The molecule has 0 saturated carbocycles. The Hall–Kier alpha value is -5.15. The molecule has 0 unspecified atom stereocenters. The fraction of sp³-hybridized carbons (Fsp3) is 0.295. The van der Waals surface area contributed by atoms with Gasteiger partial charge in [-0.3, -0.25) is 9.74 Å². The van der Waals surface area contributed by atoms with E-state index in [0.29, 0.717) is 11.3 Å². The van der Waals surface area contributed by atoms with Crippen molar-refractivity contribution in [1.82, 2.24) is 0 Å². The highest BCUT2D eigenvalue weighted by atomic mass is 31.2. The molecule has 12 heteroatoms. The number of phenols is 2. The SMILES string of the molecule is COc1cc(C(C)(C)C)c(O)c(P(=Nc2ccccc2C=Nc2c(C)cc(C)cc2C)(c2cc(OC)cc(C(C)(C)C)c2O)c2c(F)c(F)c(F)c(F)c2F)c1. The van der Waals surface area contributed by atoms with Gasteiger partial charge in [0.1, 0.15) is 23.0 Å². The number of aliphatic imine (C=N–C) groups is 1. The topological polar surface area (TPSA) is 83.6 Å². The smallest absolute Gasteiger partial charge is 0.200 e. The standard InChI is InChI=1S/C44H46F5N2O4P/c1-23-16-24(2)39(25(3)17-23)50-22-26-14-12-13-15-31(26)51-56(42-37(48)35(46)34(45)36(47)38(42)49,32-20-27(54-10)18-29(40(32)52)43(4,5)6)33-21-28(55-11)19-30(41(33)53)44(7,8)9/h12-22,52-53H,1-11H3. The van der Waals surface area contributed by atoms with Crippen molar-refractivity contribution in [3.63, 3.8) is 0 Å². The molecule has 5 aromatic carbocycles. The predicted molar refractivity (Wildman–Crippen MR) is 215 cm³/mol. The van der Waals surface area contributed by atoms with E-state index in [1.165, 1.54) is 50.8 Å². The van der Waals surface area contributed by atoms with E-state index in [1.807, 2.05) is 32.9 Å². The second-order valence-electron chi connectivity index (χ2n) is 15.8. The number of halogens is 5. The molecular formula is C44H46F5N2O4P. The summed E-state index contributed by atoms with van der Waals surface area (Å²) in [5, 5.41) is 22.7. The predicted octanol–water partition coefficient (Wildman–Crippen LogP) is 10.9. The van der Waals surface area contributed by atoms with Crippen LogP contribution in [0.1, 0.15) is 74.9 Å². The van der Waals surface area contributed by atoms with Gasteiger partial charge in [-0.25, -0.2) is 22.0 Å². The van der Waals surface area contributed by atoms with Gasteiger partial charge in [0.15, 0.2) is 23.3 Å². The van der Waals surface area contributed by atoms with Crippen LogP contribution in [-0.4, -0.2) is 30.6 Å². The maximum Gasteiger partial charge on any atom is 0.200 e. The third-order valence-electron chi connectivity index (χ3n) is 9.58. The molecule has 296 valence electrons. The van der Waals surface area contributed by atoms with Crippen molar-refractivity contribution in [2.24, 2.45) is 9.74 Å². The third kappa shape index (κ3) is 7.53. The maximum absolute atomic E-state index is 16.9. The van der Waals surface area contributed by atoms with Gasteiger partial charge in [-0.2, -0.15) is 0 Å². The minimum absolute atomic E-state index is 0.00926. The van der Waals surface area contributed by atoms with Gasteiger partial charge in [0.25, 0.3) is 0 Å². The van der Waals surface area contributed by atoms with Crippen molar-refractivity contribution in [1.29, 1.82) is 0 Å². The number of methoxy groups -OCH3 is 2. The van der Waals surface area contributed by atoms with E-state index in [2.05, 4.69) is 0 Å². The van der Waals surface area contributed by atoms with Crippen LogP contribution in [0.4, 0.5) is 33.3 Å². The molecule has 0 fully saturated rings. The number of ether oxygens (including phenoxy) is 2. The third-order valence-corrected chi connectivity index (χ3v) is 13.2. The second kappa shape index (κ2) is 15.4. The summed E-state index contributed by atoms with van der Waals surface area (Å²) in [4.78, 5) is 4.75. The zero-order chi connectivity index (χ0) is 41.7. The number of rotatable bonds is 8. The quantitative estimate of drug-likeness (QED) is 0.0539. The largest absolute Gasteiger partial charge is 0.507 e. The van der Waals surface area contributed by atoms with Crippen molar-refractivity contribution >= 4 is 40.6 Å². The molecule has 6 nitrogen and oxygen atoms in total. The molecule has 0 heterocycles. The molecule has 0 saturated heterocycles. The first-order chi connectivity index (χ1) is 26.1. The minimum atomic E-state index is -4.91. The first-order valence-electron chi connectivity index (χ1n) is 17.8. The second-order valence-corrected chi connectivity index (χ2v) is 18.7. The van der Waals surface area contributed by atoms with Crippen LogP contribution in [0.5, 0.6) is 23.0 Å². The van der Waals surface area contributed by atoms with Gasteiger partial charge in [0, 0.05) is 33.5 Å². The lowest BCUT2D eigenvalue weighted by atomic mass is 9.86. The molecule has 0 atom stereocenters. The fourth-order valence-corrected chi connectivity index (χ4v) is 10.6. The number of phenolic OH excluding ortho intramolecular Hbond substituents is 2. The molecular weight excluding hydrogens is 746 g/mol. The maximum atomic E-state index is 16.9. The van der Waals surface area contributed by atoms with Gasteiger partial charge in [-0.05, 0) is 73.1 Å². The van der Waals surface area contributed by atoms with Crippen LogP contribution in [0.15, 0.2) is 70.4 Å². The number of nitrogens with zero attached hydrogens (tertiary/aromatic N) is 2. The van der Waals surface area contributed by atoms with Crippen LogP contribution in [0, 0.1) is 49.9 Å². The van der Waals surface area contributed by atoms with E-state index in [4.69, 9.17) is 19.2 Å². The summed E-state index contributed by atoms with van der Waals surface area (Å²) in [6.07, 6.45) is 1.49. The molecule has 56 heavy (non-hydrogen) atoms. The van der Waals surface area contributed by atoms with E-state index in [0.717, 1.165) is 16.7 Å². The highest BCUT2D eigenvalue weighted by Crippen LogP contribution is 2.58. The summed E-state index contributed by atoms with van der Waals surface area (Å²) in [7, 11) is -2.25. The van der Waals surface area contributed by atoms with Crippen molar-refractivity contribution in [2.45, 2.75) is 73.1 Å². The van der Waals surface area contributed by atoms with Gasteiger partial charge in [-0.15, -0.1) is 0 Å². The highest BCUT2D eigenvalue weighted by molar-refractivity contribution is 7.87. The van der Waals surface area contributed by atoms with Gasteiger partial charge < -0.3 is 19.7 Å². The molecule has 0 amide bonds. The summed E-state index contributed by atoms with van der Waals surface area (Å²) >= 11 is 0. The van der Waals surface area contributed by atoms with Crippen LogP contribution < -0.4 is 25.4 Å². The van der Waals surface area contributed by atoms with E-state index in [-0.39, 0.29) is 38.9 Å². The zero-order valence-electron chi connectivity index (χ0n) is 33.3. The minimum Gasteiger partial charge on any atom is -0.507 e. The number of benzene rings is 5. The Kier molecular flexibility index (Phi) is 11.6. The summed E-state index contributed by atoms with van der Waals surface area (Å²) in [5.41, 5.74) is 2.47. The lowest BCUT2D eigenvalue weighted by molar-refractivity contribution is 0.384. The van der Waals surface area contributed by atoms with E-state index in [9.17, 15) is 14.6 Å². The summed E-state index contributed by atoms with van der Waals surface area (Å²) < 4.78 is 96.3. The first-order valence-corrected chi connectivity index (χ1v) is 19.5. The molecule has 2 N–H and O–H groups in total. The summed E-state index contributed by atoms with van der Waals surface area (Å²) in [6, 6.07) is 15.9. The molecule has 0 aliphatic carbocycles. The van der Waals surface area contributed by atoms with Crippen molar-refractivity contribution < 1.29 is 41.6 Å². The van der Waals surface area contributed by atoms with Crippen LogP contribution in [0.3, 0.4) is 0 Å².